The molecule has 1 fully saturated rings. The molecule has 0 bridgehead atoms. The maximum Gasteiger partial charge on any atom is 0.330 e. The lowest BCUT2D eigenvalue weighted by atomic mass is 9.91. The molecule has 13 heteroatoms. The Balaban J connectivity index is 1.35. The summed E-state index contributed by atoms with van der Waals surface area (Å²) in [5, 5.41) is 72.3. The molecule has 238 valence electrons. The third-order valence-electron chi connectivity index (χ3n) is 7.71. The number of carbonyl (C=O) groups excluding carboxylic acids is 2. The zero-order valence-electron chi connectivity index (χ0n) is 24.2. The fourth-order valence-corrected chi connectivity index (χ4v) is 5.21. The largest absolute Gasteiger partial charge is 0.508 e. The minimum absolute atomic E-state index is 0.0555. The molecule has 45 heavy (non-hydrogen) atoms. The van der Waals surface area contributed by atoms with Gasteiger partial charge in [-0.3, -0.25) is 4.79 Å². The van der Waals surface area contributed by atoms with Crippen LogP contribution in [-0.4, -0.2) is 84.8 Å². The van der Waals surface area contributed by atoms with Crippen LogP contribution in [0.5, 0.6) is 34.5 Å². The summed E-state index contributed by atoms with van der Waals surface area (Å²) in [6.07, 6.45) is -6.87. The Labute approximate surface area is 256 Å². The SMILES string of the molecule is Cc1c(O)c2c(c(C)c1O[C@@H]1O[C@H](COC(=O)C=Cc3ccc(O)cc3)[C@@H](O)[C@H](O)[C@@H]1O)O[C@H](c1cc(O)ccc1O)CC2=O. The molecule has 0 aliphatic carbocycles. The lowest BCUT2D eigenvalue weighted by Gasteiger charge is -2.40. The second kappa shape index (κ2) is 12.7. The van der Waals surface area contributed by atoms with Crippen molar-refractivity contribution in [3.05, 3.63) is 76.4 Å². The van der Waals surface area contributed by atoms with Gasteiger partial charge in [-0.25, -0.2) is 4.79 Å². The van der Waals surface area contributed by atoms with Gasteiger partial charge in [0.1, 0.15) is 77.2 Å². The minimum atomic E-state index is -1.78. The number of carbonyl (C=O) groups is 2. The molecule has 2 heterocycles. The van der Waals surface area contributed by atoms with Crippen LogP contribution in [0.1, 0.15) is 45.1 Å². The van der Waals surface area contributed by atoms with Crippen molar-refractivity contribution in [3.8, 4) is 34.5 Å². The number of aliphatic hydroxyl groups is 3. The number of hydrogen-bond acceptors (Lipinski definition) is 13. The van der Waals surface area contributed by atoms with Crippen LogP contribution in [0.25, 0.3) is 6.08 Å². The van der Waals surface area contributed by atoms with Gasteiger partial charge in [-0.2, -0.15) is 0 Å². The Hall–Kier alpha value is -4.82. The minimum Gasteiger partial charge on any atom is -0.508 e. The molecule has 5 rings (SSSR count). The van der Waals surface area contributed by atoms with E-state index in [1.807, 2.05) is 0 Å². The highest BCUT2D eigenvalue weighted by atomic mass is 16.7. The van der Waals surface area contributed by atoms with E-state index in [4.69, 9.17) is 18.9 Å². The molecule has 0 spiro atoms. The van der Waals surface area contributed by atoms with Gasteiger partial charge in [0, 0.05) is 22.8 Å². The van der Waals surface area contributed by atoms with Gasteiger partial charge in [-0.1, -0.05) is 12.1 Å². The smallest absolute Gasteiger partial charge is 0.330 e. The van der Waals surface area contributed by atoms with Gasteiger partial charge in [0.25, 0.3) is 0 Å². The number of esters is 1. The van der Waals surface area contributed by atoms with Gasteiger partial charge < -0.3 is 54.7 Å². The normalized spacial score (nSPS) is 24.6. The summed E-state index contributed by atoms with van der Waals surface area (Å²) in [7, 11) is 0. The summed E-state index contributed by atoms with van der Waals surface area (Å²) < 4.78 is 22.8. The molecule has 3 aromatic rings. The zero-order valence-corrected chi connectivity index (χ0v) is 24.2. The molecule has 7 N–H and O–H groups in total. The van der Waals surface area contributed by atoms with E-state index in [1.165, 1.54) is 50.3 Å². The highest BCUT2D eigenvalue weighted by molar-refractivity contribution is 6.04. The highest BCUT2D eigenvalue weighted by Crippen LogP contribution is 2.49. The van der Waals surface area contributed by atoms with Crippen LogP contribution in [-0.2, 0) is 14.3 Å². The van der Waals surface area contributed by atoms with Gasteiger partial charge in [0.2, 0.25) is 6.29 Å². The molecule has 0 radical (unpaired) electrons. The van der Waals surface area contributed by atoms with Crippen molar-refractivity contribution in [1.29, 1.82) is 0 Å². The third kappa shape index (κ3) is 6.37. The Morgan fingerprint density at radius 2 is 1.62 bits per heavy atom. The number of rotatable bonds is 7. The molecule has 1 saturated heterocycles. The van der Waals surface area contributed by atoms with E-state index in [-0.39, 0.29) is 57.4 Å². The van der Waals surface area contributed by atoms with Gasteiger partial charge in [-0.15, -0.1) is 0 Å². The fraction of sp³-hybridized carbons (Fsp3) is 0.312. The van der Waals surface area contributed by atoms with Crippen LogP contribution in [0, 0.1) is 13.8 Å². The van der Waals surface area contributed by atoms with Gasteiger partial charge in [-0.05, 0) is 55.8 Å². The average molecular weight is 625 g/mol. The van der Waals surface area contributed by atoms with Crippen molar-refractivity contribution in [2.45, 2.75) is 57.1 Å². The number of aromatic hydroxyl groups is 4. The molecule has 3 aromatic carbocycles. The van der Waals surface area contributed by atoms with E-state index >= 15 is 0 Å². The first-order chi connectivity index (χ1) is 21.3. The second-order valence-corrected chi connectivity index (χ2v) is 10.8. The van der Waals surface area contributed by atoms with Crippen LogP contribution in [0.2, 0.25) is 0 Å². The number of hydrogen-bond donors (Lipinski definition) is 7. The molecular formula is C32H32O13. The number of benzene rings is 3. The number of ketones is 1. The Bertz CT molecular complexity index is 1630. The van der Waals surface area contributed by atoms with Crippen molar-refractivity contribution in [2.75, 3.05) is 6.61 Å². The first-order valence-corrected chi connectivity index (χ1v) is 13.9. The van der Waals surface area contributed by atoms with Crippen molar-refractivity contribution >= 4 is 17.8 Å². The summed E-state index contributed by atoms with van der Waals surface area (Å²) in [5.41, 5.74) is 0.964. The van der Waals surface area contributed by atoms with E-state index in [0.717, 1.165) is 6.08 Å². The van der Waals surface area contributed by atoms with Crippen LogP contribution < -0.4 is 9.47 Å². The van der Waals surface area contributed by atoms with E-state index < -0.39 is 60.9 Å². The predicted molar refractivity (Wildman–Crippen MR) is 155 cm³/mol. The first kappa shape index (κ1) is 31.6. The molecular weight excluding hydrogens is 592 g/mol. The highest BCUT2D eigenvalue weighted by Gasteiger charge is 2.46. The Morgan fingerprint density at radius 1 is 0.933 bits per heavy atom. The maximum absolute atomic E-state index is 13.1. The molecule has 13 nitrogen and oxygen atoms in total. The fourth-order valence-electron chi connectivity index (χ4n) is 5.21. The Morgan fingerprint density at radius 3 is 2.33 bits per heavy atom. The number of Topliss-reactive ketones (excluding diaryl/α,β-unsaturated/α-hetero) is 1. The summed E-state index contributed by atoms with van der Waals surface area (Å²) in [6.45, 7) is 2.46. The molecule has 0 saturated carbocycles. The van der Waals surface area contributed by atoms with Gasteiger partial charge in [0.05, 0.1) is 6.42 Å². The van der Waals surface area contributed by atoms with Crippen LogP contribution in [0.15, 0.2) is 48.5 Å². The molecule has 0 amide bonds. The van der Waals surface area contributed by atoms with E-state index in [0.29, 0.717) is 5.56 Å². The van der Waals surface area contributed by atoms with Crippen LogP contribution >= 0.6 is 0 Å². The number of aliphatic hydroxyl groups excluding tert-OH is 3. The number of fused-ring (bicyclic) bond motifs is 1. The summed E-state index contributed by atoms with van der Waals surface area (Å²) in [4.78, 5) is 25.4. The Kier molecular flexibility index (Phi) is 8.89. The summed E-state index contributed by atoms with van der Waals surface area (Å²) in [6, 6.07) is 9.82. The number of phenols is 4. The van der Waals surface area contributed by atoms with Gasteiger partial charge in [0.15, 0.2) is 5.78 Å². The number of ether oxygens (including phenoxy) is 4. The van der Waals surface area contributed by atoms with E-state index in [1.54, 1.807) is 12.1 Å². The van der Waals surface area contributed by atoms with Crippen LogP contribution in [0.4, 0.5) is 0 Å². The summed E-state index contributed by atoms with van der Waals surface area (Å²) >= 11 is 0. The summed E-state index contributed by atoms with van der Waals surface area (Å²) in [5.74, 6) is -2.17. The van der Waals surface area contributed by atoms with Crippen LogP contribution in [0.3, 0.4) is 0 Å². The quantitative estimate of drug-likeness (QED) is 0.114. The zero-order chi connectivity index (χ0) is 32.6. The lowest BCUT2D eigenvalue weighted by Crippen LogP contribution is -2.60. The van der Waals surface area contributed by atoms with Crippen molar-refractivity contribution in [2.24, 2.45) is 0 Å². The average Bonchev–Trinajstić information content (AvgIpc) is 3.01. The molecule has 0 unspecified atom stereocenters. The lowest BCUT2D eigenvalue weighted by molar-refractivity contribution is -0.278. The molecule has 2 aliphatic heterocycles. The van der Waals surface area contributed by atoms with E-state index in [9.17, 15) is 45.3 Å². The molecule has 2 aliphatic rings. The first-order valence-electron chi connectivity index (χ1n) is 13.9. The predicted octanol–water partition coefficient (Wildman–Crippen LogP) is 2.28. The second-order valence-electron chi connectivity index (χ2n) is 10.8. The third-order valence-corrected chi connectivity index (χ3v) is 7.71. The molecule has 0 aromatic heterocycles. The van der Waals surface area contributed by atoms with Crippen molar-refractivity contribution in [3.63, 3.8) is 0 Å². The molecule has 6 atom stereocenters. The standard InChI is InChI=1S/C32H32O13/c1-14-26(38)25-21(36)12-22(19-11-18(34)8-9-20(19)35)43-31(25)15(2)30(14)45-32-29(41)28(40)27(39)23(44-32)13-42-24(37)10-5-16-3-6-17(33)7-4-16/h3-11,22-23,27-29,32-35,38-41H,12-13H2,1-2H3/t22-,23+,27+,28-,29-,32-/m0/s1. The maximum atomic E-state index is 13.1. The topological polar surface area (TPSA) is 213 Å². The van der Waals surface area contributed by atoms with Crippen molar-refractivity contribution in [1.82, 2.24) is 0 Å². The van der Waals surface area contributed by atoms with E-state index in [2.05, 4.69) is 0 Å². The monoisotopic (exact) mass is 624 g/mol. The van der Waals surface area contributed by atoms with Crippen molar-refractivity contribution < 1.29 is 64.3 Å². The number of phenolic OH excluding ortho intramolecular Hbond substituents is 4. The van der Waals surface area contributed by atoms with Gasteiger partial charge >= 0.3 is 5.97 Å².